The molecule has 0 bridgehead atoms. The predicted octanol–water partition coefficient (Wildman–Crippen LogP) is 4.97. The standard InChI is InChI=1S/C17H13ClO2S/c1-10-6-15(21-9-10)16(12-4-3-5-13(18)8-12)14-7-11(2)20-17(14)19/h3-9H,1-2H3. The molecule has 0 fully saturated rings. The van der Waals surface area contributed by atoms with Crippen LogP contribution in [-0.2, 0) is 9.53 Å². The van der Waals surface area contributed by atoms with Crippen molar-refractivity contribution in [3.63, 3.8) is 0 Å². The number of cyclic esters (lactones) is 1. The molecule has 2 aromatic rings. The average Bonchev–Trinajstić information content (AvgIpc) is 2.97. The van der Waals surface area contributed by atoms with E-state index in [9.17, 15) is 4.79 Å². The van der Waals surface area contributed by atoms with Gasteiger partial charge < -0.3 is 4.74 Å². The van der Waals surface area contributed by atoms with Crippen LogP contribution in [-0.4, -0.2) is 5.97 Å². The molecular formula is C17H13ClO2S. The minimum absolute atomic E-state index is 0.312. The highest BCUT2D eigenvalue weighted by atomic mass is 35.5. The molecule has 1 aliphatic rings. The zero-order chi connectivity index (χ0) is 15.0. The number of hydrogen-bond acceptors (Lipinski definition) is 3. The van der Waals surface area contributed by atoms with Crippen molar-refractivity contribution in [2.75, 3.05) is 0 Å². The van der Waals surface area contributed by atoms with Crippen molar-refractivity contribution >= 4 is 34.5 Å². The molecule has 0 aliphatic carbocycles. The minimum atomic E-state index is -0.312. The molecule has 21 heavy (non-hydrogen) atoms. The van der Waals surface area contributed by atoms with Crippen LogP contribution < -0.4 is 0 Å². The fourth-order valence-electron chi connectivity index (χ4n) is 2.30. The first kappa shape index (κ1) is 14.1. The summed E-state index contributed by atoms with van der Waals surface area (Å²) in [4.78, 5) is 13.1. The fraction of sp³-hybridized carbons (Fsp3) is 0.118. The molecule has 0 spiro atoms. The predicted molar refractivity (Wildman–Crippen MR) is 86.4 cm³/mol. The zero-order valence-corrected chi connectivity index (χ0v) is 13.2. The van der Waals surface area contributed by atoms with Gasteiger partial charge in [0, 0.05) is 15.5 Å². The summed E-state index contributed by atoms with van der Waals surface area (Å²) < 4.78 is 5.17. The van der Waals surface area contributed by atoms with Crippen molar-refractivity contribution < 1.29 is 9.53 Å². The first-order valence-corrected chi connectivity index (χ1v) is 7.76. The number of hydrogen-bond donors (Lipinski definition) is 0. The number of allylic oxidation sites excluding steroid dienone is 1. The van der Waals surface area contributed by atoms with E-state index in [-0.39, 0.29) is 5.97 Å². The van der Waals surface area contributed by atoms with Crippen molar-refractivity contribution in [2.45, 2.75) is 13.8 Å². The van der Waals surface area contributed by atoms with E-state index in [1.54, 1.807) is 24.3 Å². The van der Waals surface area contributed by atoms with Gasteiger partial charge in [-0.3, -0.25) is 0 Å². The maximum Gasteiger partial charge on any atom is 0.344 e. The summed E-state index contributed by atoms with van der Waals surface area (Å²) >= 11 is 7.71. The molecule has 0 saturated carbocycles. The second-order valence-electron chi connectivity index (χ2n) is 4.93. The van der Waals surface area contributed by atoms with E-state index in [1.165, 1.54) is 5.56 Å². The van der Waals surface area contributed by atoms with Crippen molar-refractivity contribution in [2.24, 2.45) is 0 Å². The zero-order valence-electron chi connectivity index (χ0n) is 11.6. The highest BCUT2D eigenvalue weighted by Crippen LogP contribution is 2.35. The van der Waals surface area contributed by atoms with E-state index in [4.69, 9.17) is 16.3 Å². The second-order valence-corrected chi connectivity index (χ2v) is 6.28. The lowest BCUT2D eigenvalue weighted by atomic mass is 9.98. The lowest BCUT2D eigenvalue weighted by molar-refractivity contribution is -0.133. The highest BCUT2D eigenvalue weighted by molar-refractivity contribution is 7.11. The Morgan fingerprint density at radius 3 is 2.62 bits per heavy atom. The topological polar surface area (TPSA) is 26.3 Å². The Balaban J connectivity index is 2.26. The number of halogens is 1. The third kappa shape index (κ3) is 2.80. The van der Waals surface area contributed by atoms with Gasteiger partial charge in [0.15, 0.2) is 0 Å². The van der Waals surface area contributed by atoms with E-state index in [1.807, 2.05) is 31.2 Å². The van der Waals surface area contributed by atoms with Gasteiger partial charge >= 0.3 is 5.97 Å². The Hall–Kier alpha value is -1.84. The molecule has 1 aromatic heterocycles. The number of carbonyl (C=O) groups is 1. The van der Waals surface area contributed by atoms with Gasteiger partial charge in [-0.05, 0) is 54.6 Å². The summed E-state index contributed by atoms with van der Waals surface area (Å²) in [5.74, 6) is 0.302. The number of carbonyl (C=O) groups excluding carboxylic acids is 1. The van der Waals surface area contributed by atoms with E-state index >= 15 is 0 Å². The molecule has 0 saturated heterocycles. The Labute approximate surface area is 132 Å². The third-order valence-corrected chi connectivity index (χ3v) is 4.48. The molecule has 2 heterocycles. The molecule has 106 valence electrons. The minimum Gasteiger partial charge on any atom is -0.428 e. The van der Waals surface area contributed by atoms with Crippen LogP contribution in [0.3, 0.4) is 0 Å². The maximum absolute atomic E-state index is 12.1. The third-order valence-electron chi connectivity index (χ3n) is 3.18. The van der Waals surface area contributed by atoms with E-state index < -0.39 is 0 Å². The number of esters is 1. The summed E-state index contributed by atoms with van der Waals surface area (Å²) in [5.41, 5.74) is 3.54. The Kier molecular flexibility index (Phi) is 3.70. The number of ether oxygens (including phenoxy) is 1. The highest BCUT2D eigenvalue weighted by Gasteiger charge is 2.24. The molecule has 0 atom stereocenters. The number of aryl methyl sites for hydroxylation is 1. The molecule has 0 unspecified atom stereocenters. The first-order chi connectivity index (χ1) is 10.0. The van der Waals surface area contributed by atoms with Crippen LogP contribution in [0.4, 0.5) is 0 Å². The van der Waals surface area contributed by atoms with Gasteiger partial charge in [-0.2, -0.15) is 0 Å². The molecule has 0 radical (unpaired) electrons. The van der Waals surface area contributed by atoms with Gasteiger partial charge in [0.05, 0.1) is 5.57 Å². The Morgan fingerprint density at radius 1 is 1.24 bits per heavy atom. The van der Waals surface area contributed by atoms with Crippen molar-refractivity contribution in [3.05, 3.63) is 74.1 Å². The summed E-state index contributed by atoms with van der Waals surface area (Å²) in [7, 11) is 0. The quantitative estimate of drug-likeness (QED) is 0.577. The summed E-state index contributed by atoms with van der Waals surface area (Å²) in [6.45, 7) is 3.81. The van der Waals surface area contributed by atoms with Gasteiger partial charge in [0.1, 0.15) is 5.76 Å². The monoisotopic (exact) mass is 316 g/mol. The van der Waals surface area contributed by atoms with Gasteiger partial charge in [0.25, 0.3) is 0 Å². The van der Waals surface area contributed by atoms with Crippen LogP contribution in [0.25, 0.3) is 5.57 Å². The van der Waals surface area contributed by atoms with Crippen molar-refractivity contribution in [1.29, 1.82) is 0 Å². The number of rotatable bonds is 2. The van der Waals surface area contributed by atoms with E-state index in [2.05, 4.69) is 11.4 Å². The summed E-state index contributed by atoms with van der Waals surface area (Å²) in [6.07, 6.45) is 1.79. The molecule has 1 aliphatic heterocycles. The Morgan fingerprint density at radius 2 is 2.05 bits per heavy atom. The molecule has 4 heteroatoms. The van der Waals surface area contributed by atoms with Crippen LogP contribution in [0.1, 0.15) is 22.9 Å². The van der Waals surface area contributed by atoms with Gasteiger partial charge in [-0.25, -0.2) is 4.79 Å². The number of benzene rings is 1. The van der Waals surface area contributed by atoms with Crippen LogP contribution in [0.2, 0.25) is 5.02 Å². The fourth-order valence-corrected chi connectivity index (χ4v) is 3.47. The van der Waals surface area contributed by atoms with Gasteiger partial charge in [-0.15, -0.1) is 11.3 Å². The van der Waals surface area contributed by atoms with Crippen molar-refractivity contribution in [3.8, 4) is 0 Å². The largest absolute Gasteiger partial charge is 0.428 e. The lowest BCUT2D eigenvalue weighted by Crippen LogP contribution is -2.01. The average molecular weight is 317 g/mol. The van der Waals surface area contributed by atoms with Crippen LogP contribution in [0.5, 0.6) is 0 Å². The van der Waals surface area contributed by atoms with Crippen LogP contribution in [0.15, 0.2) is 53.1 Å². The molecule has 2 nitrogen and oxygen atoms in total. The first-order valence-electron chi connectivity index (χ1n) is 6.51. The van der Waals surface area contributed by atoms with Crippen molar-refractivity contribution in [1.82, 2.24) is 0 Å². The normalized spacial score (nSPS) is 16.7. The molecule has 3 rings (SSSR count). The van der Waals surface area contributed by atoms with Crippen LogP contribution >= 0.6 is 22.9 Å². The smallest absolute Gasteiger partial charge is 0.344 e. The van der Waals surface area contributed by atoms with Gasteiger partial charge in [0.2, 0.25) is 0 Å². The molecular weight excluding hydrogens is 304 g/mol. The molecule has 1 aromatic carbocycles. The number of thiophene rings is 1. The maximum atomic E-state index is 12.1. The molecule has 0 N–H and O–H groups in total. The Bertz CT molecular complexity index is 784. The van der Waals surface area contributed by atoms with E-state index in [0.29, 0.717) is 16.4 Å². The SMILES string of the molecule is CC1=CC(=C(c2cccc(Cl)c2)c2cc(C)cs2)C(=O)O1. The molecule has 0 amide bonds. The summed E-state index contributed by atoms with van der Waals surface area (Å²) in [6, 6.07) is 9.60. The van der Waals surface area contributed by atoms with E-state index in [0.717, 1.165) is 16.0 Å². The van der Waals surface area contributed by atoms with Gasteiger partial charge in [-0.1, -0.05) is 23.7 Å². The second kappa shape index (κ2) is 5.51. The lowest BCUT2D eigenvalue weighted by Gasteiger charge is -2.08. The van der Waals surface area contributed by atoms with Crippen LogP contribution in [0, 0.1) is 6.92 Å². The summed E-state index contributed by atoms with van der Waals surface area (Å²) in [5, 5.41) is 2.71.